The normalized spacial score (nSPS) is 26.6. The van der Waals surface area contributed by atoms with Gasteiger partial charge in [0.2, 0.25) is 0 Å². The van der Waals surface area contributed by atoms with Gasteiger partial charge in [0.25, 0.3) is 0 Å². The zero-order valence-electron chi connectivity index (χ0n) is 8.50. The monoisotopic (exact) mass is 211 g/mol. The third kappa shape index (κ3) is 1.53. The predicted molar refractivity (Wildman–Crippen MR) is 50.0 cm³/mol. The summed E-state index contributed by atoms with van der Waals surface area (Å²) >= 11 is 0. The van der Waals surface area contributed by atoms with Gasteiger partial charge in [-0.25, -0.2) is 4.79 Å². The summed E-state index contributed by atoms with van der Waals surface area (Å²) in [6.45, 7) is 2.34. The number of carbonyl (C=O) groups is 1. The predicted octanol–water partition coefficient (Wildman–Crippen LogP) is 0.510. The molecule has 0 radical (unpaired) electrons. The number of rotatable bonds is 1. The smallest absolute Gasteiger partial charge is 0.409 e. The first-order valence-electron chi connectivity index (χ1n) is 4.88. The van der Waals surface area contributed by atoms with Crippen LogP contribution >= 0.6 is 0 Å². The topological polar surface area (TPSA) is 84.1 Å². The zero-order chi connectivity index (χ0) is 10.9. The van der Waals surface area contributed by atoms with Crippen molar-refractivity contribution in [3.05, 3.63) is 6.33 Å². The number of nitrogens with zero attached hydrogens (tertiary/aromatic N) is 5. The highest BCUT2D eigenvalue weighted by molar-refractivity contribution is 5.65. The Labute approximate surface area is 86.7 Å². The third-order valence-corrected chi connectivity index (χ3v) is 2.87. The van der Waals surface area contributed by atoms with Crippen molar-refractivity contribution in [1.29, 1.82) is 0 Å². The Bertz CT molecular complexity index is 352. The van der Waals surface area contributed by atoms with E-state index in [0.29, 0.717) is 6.54 Å². The van der Waals surface area contributed by atoms with Crippen molar-refractivity contribution < 1.29 is 9.90 Å². The quantitative estimate of drug-likeness (QED) is 0.731. The van der Waals surface area contributed by atoms with Gasteiger partial charge in [-0.05, 0) is 31.4 Å². The second-order valence-corrected chi connectivity index (χ2v) is 3.83. The molecule has 1 atom stereocenters. The van der Waals surface area contributed by atoms with Crippen molar-refractivity contribution in [1.82, 2.24) is 25.1 Å². The van der Waals surface area contributed by atoms with Crippen LogP contribution in [0, 0.1) is 0 Å². The SMILES string of the molecule is CC1(n2ncnn2)CCCCN1C(=O)O. The number of hydrogen-bond acceptors (Lipinski definition) is 4. The van der Waals surface area contributed by atoms with Crippen molar-refractivity contribution in [2.45, 2.75) is 31.8 Å². The Morgan fingerprint density at radius 2 is 2.33 bits per heavy atom. The van der Waals surface area contributed by atoms with Crippen molar-refractivity contribution in [2.75, 3.05) is 6.54 Å². The van der Waals surface area contributed by atoms with E-state index in [1.54, 1.807) is 0 Å². The molecule has 15 heavy (non-hydrogen) atoms. The zero-order valence-corrected chi connectivity index (χ0v) is 8.50. The lowest BCUT2D eigenvalue weighted by Gasteiger charge is -2.41. The van der Waals surface area contributed by atoms with E-state index in [-0.39, 0.29) is 0 Å². The number of aromatic nitrogens is 4. The maximum absolute atomic E-state index is 11.1. The van der Waals surface area contributed by atoms with Crippen LogP contribution in [-0.2, 0) is 5.66 Å². The van der Waals surface area contributed by atoms with Crippen molar-refractivity contribution in [3.8, 4) is 0 Å². The fourth-order valence-electron chi connectivity index (χ4n) is 2.00. The molecule has 0 spiro atoms. The van der Waals surface area contributed by atoms with Crippen LogP contribution in [0.5, 0.6) is 0 Å². The minimum Gasteiger partial charge on any atom is -0.465 e. The molecule has 2 heterocycles. The van der Waals surface area contributed by atoms with Crippen LogP contribution < -0.4 is 0 Å². The lowest BCUT2D eigenvalue weighted by Crippen LogP contribution is -2.54. The lowest BCUT2D eigenvalue weighted by molar-refractivity contribution is -0.0113. The number of hydrogen-bond donors (Lipinski definition) is 1. The highest BCUT2D eigenvalue weighted by Gasteiger charge is 2.41. The average molecular weight is 211 g/mol. The molecular formula is C8H13N5O2. The summed E-state index contributed by atoms with van der Waals surface area (Å²) in [5.41, 5.74) is -0.694. The number of tetrazole rings is 1. The number of likely N-dealkylation sites (tertiary alicyclic amines) is 1. The lowest BCUT2D eigenvalue weighted by atomic mass is 9.98. The molecule has 7 nitrogen and oxygen atoms in total. The molecule has 0 aromatic carbocycles. The molecule has 1 aliphatic heterocycles. The molecule has 1 aromatic heterocycles. The van der Waals surface area contributed by atoms with Crippen molar-refractivity contribution in [2.24, 2.45) is 0 Å². The van der Waals surface area contributed by atoms with E-state index in [0.717, 1.165) is 19.3 Å². The number of carboxylic acid groups (broad SMARTS) is 1. The molecule has 0 saturated carbocycles. The van der Waals surface area contributed by atoms with E-state index in [9.17, 15) is 4.79 Å². The summed E-state index contributed by atoms with van der Waals surface area (Å²) in [5, 5.41) is 20.5. The van der Waals surface area contributed by atoms with E-state index in [1.165, 1.54) is 16.0 Å². The highest BCUT2D eigenvalue weighted by atomic mass is 16.4. The van der Waals surface area contributed by atoms with Crippen LogP contribution in [0.25, 0.3) is 0 Å². The highest BCUT2D eigenvalue weighted by Crippen LogP contribution is 2.30. The Morgan fingerprint density at radius 3 is 2.93 bits per heavy atom. The maximum Gasteiger partial charge on any atom is 0.409 e. The standard InChI is InChI=1S/C8H13N5O2/c1-8(13-10-6-9-11-13)4-2-3-5-12(8)7(14)15/h6H,2-5H2,1H3,(H,14,15). The van der Waals surface area contributed by atoms with Crippen molar-refractivity contribution >= 4 is 6.09 Å². The van der Waals surface area contributed by atoms with Crippen LogP contribution in [0.4, 0.5) is 4.79 Å². The average Bonchev–Trinajstić information content (AvgIpc) is 2.71. The molecule has 1 N–H and O–H groups in total. The maximum atomic E-state index is 11.1. The molecule has 7 heteroatoms. The fraction of sp³-hybridized carbons (Fsp3) is 0.750. The van der Waals surface area contributed by atoms with Crippen LogP contribution in [-0.4, -0.2) is 42.9 Å². The summed E-state index contributed by atoms with van der Waals surface area (Å²) in [5.74, 6) is 0. The second-order valence-electron chi connectivity index (χ2n) is 3.83. The number of amides is 1. The summed E-state index contributed by atoms with van der Waals surface area (Å²) in [6.07, 6.45) is 2.96. The minimum atomic E-state index is -0.936. The molecule has 1 aromatic rings. The summed E-state index contributed by atoms with van der Waals surface area (Å²) in [7, 11) is 0. The summed E-state index contributed by atoms with van der Waals surface area (Å²) in [6, 6.07) is 0. The van der Waals surface area contributed by atoms with Crippen LogP contribution in [0.15, 0.2) is 6.33 Å². The molecule has 1 aliphatic rings. The van der Waals surface area contributed by atoms with Gasteiger partial charge in [-0.3, -0.25) is 4.90 Å². The molecule has 0 aliphatic carbocycles. The third-order valence-electron chi connectivity index (χ3n) is 2.87. The van der Waals surface area contributed by atoms with Gasteiger partial charge in [-0.15, -0.1) is 15.0 Å². The van der Waals surface area contributed by atoms with Gasteiger partial charge in [0.15, 0.2) is 12.0 Å². The minimum absolute atomic E-state index is 0.521. The fourth-order valence-corrected chi connectivity index (χ4v) is 2.00. The van der Waals surface area contributed by atoms with Gasteiger partial charge in [0, 0.05) is 6.54 Å². The Kier molecular flexibility index (Phi) is 2.29. The van der Waals surface area contributed by atoms with E-state index < -0.39 is 11.8 Å². The largest absolute Gasteiger partial charge is 0.465 e. The summed E-state index contributed by atoms with van der Waals surface area (Å²) < 4.78 is 0. The van der Waals surface area contributed by atoms with Gasteiger partial charge >= 0.3 is 6.09 Å². The van der Waals surface area contributed by atoms with Gasteiger partial charge in [0.05, 0.1) is 0 Å². The van der Waals surface area contributed by atoms with Crippen LogP contribution in [0.3, 0.4) is 0 Å². The van der Waals surface area contributed by atoms with Gasteiger partial charge < -0.3 is 5.11 Å². The first-order chi connectivity index (χ1) is 7.14. The van der Waals surface area contributed by atoms with E-state index >= 15 is 0 Å². The number of piperidine rings is 1. The first kappa shape index (κ1) is 9.88. The van der Waals surface area contributed by atoms with Gasteiger partial charge in [0.1, 0.15) is 0 Å². The van der Waals surface area contributed by atoms with E-state index in [4.69, 9.17) is 5.11 Å². The molecule has 1 unspecified atom stereocenters. The molecular weight excluding hydrogens is 198 g/mol. The van der Waals surface area contributed by atoms with Gasteiger partial charge in [-0.2, -0.15) is 0 Å². The molecule has 1 saturated heterocycles. The van der Waals surface area contributed by atoms with Crippen LogP contribution in [0.1, 0.15) is 26.2 Å². The second kappa shape index (κ2) is 3.48. The Balaban J connectivity index is 2.34. The molecule has 2 rings (SSSR count). The first-order valence-corrected chi connectivity index (χ1v) is 4.88. The van der Waals surface area contributed by atoms with Gasteiger partial charge in [-0.1, -0.05) is 0 Å². The molecule has 1 amide bonds. The molecule has 0 bridgehead atoms. The van der Waals surface area contributed by atoms with Crippen LogP contribution in [0.2, 0.25) is 0 Å². The molecule has 82 valence electrons. The van der Waals surface area contributed by atoms with E-state index in [2.05, 4.69) is 15.4 Å². The molecule has 1 fully saturated rings. The van der Waals surface area contributed by atoms with Crippen molar-refractivity contribution in [3.63, 3.8) is 0 Å². The van der Waals surface area contributed by atoms with E-state index in [1.807, 2.05) is 6.92 Å². The Hall–Kier alpha value is -1.66. The summed E-state index contributed by atoms with van der Waals surface area (Å²) in [4.78, 5) is 13.9. The Morgan fingerprint density at radius 1 is 1.53 bits per heavy atom.